The normalized spacial score (nSPS) is 12.3. The van der Waals surface area contributed by atoms with E-state index >= 15 is 0 Å². The fraction of sp³-hybridized carbons (Fsp3) is 0.833. The van der Waals surface area contributed by atoms with Crippen LogP contribution in [0.15, 0.2) is 0 Å². The fourth-order valence-corrected chi connectivity index (χ4v) is 0.420. The van der Waals surface area contributed by atoms with Crippen LogP contribution in [0.25, 0.3) is 0 Å². The molecule has 0 aromatic rings. The maximum absolute atomic E-state index is 10.6. The molecule has 66 valence electrons. The van der Waals surface area contributed by atoms with E-state index in [0.29, 0.717) is 0 Å². The van der Waals surface area contributed by atoms with Gasteiger partial charge >= 0.3 is 6.09 Å². The molecule has 0 aliphatic rings. The van der Waals surface area contributed by atoms with Gasteiger partial charge in [-0.25, -0.2) is 4.79 Å². The molecule has 0 fully saturated rings. The first-order valence-corrected chi connectivity index (χ1v) is 3.37. The van der Waals surface area contributed by atoms with Gasteiger partial charge in [-0.15, -0.1) is 0 Å². The molecule has 11 heavy (non-hydrogen) atoms. The van der Waals surface area contributed by atoms with Gasteiger partial charge in [0.2, 0.25) is 0 Å². The van der Waals surface area contributed by atoms with Crippen molar-refractivity contribution >= 4 is 6.09 Å². The number of aliphatic hydroxyl groups is 2. The quantitative estimate of drug-likeness (QED) is 0.501. The Labute approximate surface area is 65.0 Å². The molecule has 3 N–H and O–H groups in total. The van der Waals surface area contributed by atoms with E-state index in [1.165, 1.54) is 0 Å². The molecular formula is C6H13NO4. The molecule has 1 amide bonds. The minimum absolute atomic E-state index is 0.122. The van der Waals surface area contributed by atoms with Gasteiger partial charge in [-0.2, -0.15) is 0 Å². The number of aliphatic hydroxyl groups excluding tert-OH is 2. The minimum Gasteiger partial charge on any atom is -0.444 e. The van der Waals surface area contributed by atoms with E-state index in [9.17, 15) is 4.79 Å². The Morgan fingerprint density at radius 3 is 2.73 bits per heavy atom. The molecule has 1 unspecified atom stereocenters. The molecule has 0 spiro atoms. The van der Waals surface area contributed by atoms with Gasteiger partial charge < -0.3 is 20.3 Å². The predicted molar refractivity (Wildman–Crippen MR) is 38.1 cm³/mol. The summed E-state index contributed by atoms with van der Waals surface area (Å²) in [4.78, 5) is 10.6. The van der Waals surface area contributed by atoms with E-state index in [4.69, 9.17) is 10.2 Å². The Bertz CT molecular complexity index is 117. The van der Waals surface area contributed by atoms with Crippen molar-refractivity contribution in [3.8, 4) is 0 Å². The Balaban J connectivity index is 3.36. The van der Waals surface area contributed by atoms with Crippen molar-refractivity contribution in [3.63, 3.8) is 0 Å². The van der Waals surface area contributed by atoms with Crippen LogP contribution in [0.2, 0.25) is 0 Å². The molecule has 0 saturated carbocycles. The largest absolute Gasteiger partial charge is 0.444 e. The van der Waals surface area contributed by atoms with Crippen LogP contribution in [0.5, 0.6) is 0 Å². The van der Waals surface area contributed by atoms with Gasteiger partial charge in [0.25, 0.3) is 0 Å². The van der Waals surface area contributed by atoms with Crippen molar-refractivity contribution in [2.24, 2.45) is 0 Å². The van der Waals surface area contributed by atoms with Crippen LogP contribution >= 0.6 is 0 Å². The average molecular weight is 163 g/mol. The summed E-state index contributed by atoms with van der Waals surface area (Å²) in [5.41, 5.74) is 0. The summed E-state index contributed by atoms with van der Waals surface area (Å²) >= 11 is 0. The lowest BCUT2D eigenvalue weighted by Gasteiger charge is -2.09. The lowest BCUT2D eigenvalue weighted by Crippen LogP contribution is -2.31. The van der Waals surface area contributed by atoms with E-state index in [2.05, 4.69) is 10.1 Å². The Kier molecular flexibility index (Phi) is 5.50. The first-order valence-electron chi connectivity index (χ1n) is 3.37. The van der Waals surface area contributed by atoms with Gasteiger partial charge in [0, 0.05) is 6.54 Å². The minimum atomic E-state index is -0.624. The molecular weight excluding hydrogens is 150 g/mol. The van der Waals surface area contributed by atoms with Crippen LogP contribution in [0, 0.1) is 0 Å². The highest BCUT2D eigenvalue weighted by Crippen LogP contribution is 1.87. The van der Waals surface area contributed by atoms with Gasteiger partial charge in [0.1, 0.15) is 6.10 Å². The maximum Gasteiger partial charge on any atom is 0.407 e. The molecule has 5 heteroatoms. The monoisotopic (exact) mass is 163 g/mol. The van der Waals surface area contributed by atoms with Crippen molar-refractivity contribution in [1.82, 2.24) is 5.32 Å². The Morgan fingerprint density at radius 1 is 1.64 bits per heavy atom. The van der Waals surface area contributed by atoms with Crippen molar-refractivity contribution in [1.29, 1.82) is 0 Å². The molecule has 1 atom stereocenters. The van der Waals surface area contributed by atoms with Crippen LogP contribution in [0.3, 0.4) is 0 Å². The summed E-state index contributed by atoms with van der Waals surface area (Å²) in [5.74, 6) is 0. The van der Waals surface area contributed by atoms with Gasteiger partial charge in [0.05, 0.1) is 13.2 Å². The van der Waals surface area contributed by atoms with Crippen LogP contribution in [0.1, 0.15) is 6.92 Å². The number of rotatable bonds is 4. The number of hydrogen-bond donors (Lipinski definition) is 3. The zero-order valence-electron chi connectivity index (χ0n) is 6.41. The average Bonchev–Trinajstić information content (AvgIpc) is 2.00. The fourth-order valence-electron chi connectivity index (χ4n) is 0.420. The Hall–Kier alpha value is -0.810. The molecule has 0 aliphatic heterocycles. The SMILES string of the molecule is CC(CO)OC(=O)NCCO. The number of carbonyl (C=O) groups is 1. The lowest BCUT2D eigenvalue weighted by atomic mass is 10.4. The molecule has 0 radical (unpaired) electrons. The first kappa shape index (κ1) is 10.2. The van der Waals surface area contributed by atoms with Crippen molar-refractivity contribution < 1.29 is 19.7 Å². The molecule has 0 heterocycles. The summed E-state index contributed by atoms with van der Waals surface area (Å²) < 4.78 is 4.59. The zero-order valence-corrected chi connectivity index (χ0v) is 6.41. The highest BCUT2D eigenvalue weighted by atomic mass is 16.6. The highest BCUT2D eigenvalue weighted by molar-refractivity contribution is 5.67. The smallest absolute Gasteiger partial charge is 0.407 e. The third-order valence-corrected chi connectivity index (χ3v) is 0.946. The molecule has 0 saturated heterocycles. The lowest BCUT2D eigenvalue weighted by molar-refractivity contribution is 0.0672. The number of alkyl carbamates (subject to hydrolysis) is 1. The van der Waals surface area contributed by atoms with Gasteiger partial charge in [0.15, 0.2) is 0 Å². The highest BCUT2D eigenvalue weighted by Gasteiger charge is 2.05. The summed E-state index contributed by atoms with van der Waals surface area (Å²) in [6, 6.07) is 0. The van der Waals surface area contributed by atoms with Crippen LogP contribution < -0.4 is 5.32 Å². The van der Waals surface area contributed by atoms with Crippen LogP contribution in [-0.4, -0.2) is 42.2 Å². The van der Waals surface area contributed by atoms with Crippen LogP contribution in [0.4, 0.5) is 4.79 Å². The molecule has 5 nitrogen and oxygen atoms in total. The van der Waals surface area contributed by atoms with E-state index in [-0.39, 0.29) is 19.8 Å². The third-order valence-electron chi connectivity index (χ3n) is 0.946. The molecule has 0 bridgehead atoms. The zero-order chi connectivity index (χ0) is 8.69. The second-order valence-corrected chi connectivity index (χ2v) is 2.05. The number of carbonyl (C=O) groups excluding carboxylic acids is 1. The van der Waals surface area contributed by atoms with E-state index in [1.807, 2.05) is 0 Å². The Morgan fingerprint density at radius 2 is 2.27 bits per heavy atom. The second kappa shape index (κ2) is 5.94. The number of hydrogen-bond acceptors (Lipinski definition) is 4. The van der Waals surface area contributed by atoms with Crippen molar-refractivity contribution in [2.75, 3.05) is 19.8 Å². The topological polar surface area (TPSA) is 78.8 Å². The number of ether oxygens (including phenoxy) is 1. The second-order valence-electron chi connectivity index (χ2n) is 2.05. The van der Waals surface area contributed by atoms with Gasteiger partial charge in [-0.3, -0.25) is 0 Å². The third kappa shape index (κ3) is 5.63. The van der Waals surface area contributed by atoms with Gasteiger partial charge in [-0.1, -0.05) is 0 Å². The molecule has 0 aliphatic carbocycles. The molecule has 0 aromatic carbocycles. The van der Waals surface area contributed by atoms with Crippen molar-refractivity contribution in [2.45, 2.75) is 13.0 Å². The summed E-state index contributed by atoms with van der Waals surface area (Å²) in [7, 11) is 0. The number of nitrogens with one attached hydrogen (secondary N) is 1. The van der Waals surface area contributed by atoms with Gasteiger partial charge in [-0.05, 0) is 6.92 Å². The van der Waals surface area contributed by atoms with E-state index < -0.39 is 12.2 Å². The summed E-state index contributed by atoms with van der Waals surface area (Å²) in [5, 5.41) is 19.0. The predicted octanol–water partition coefficient (Wildman–Crippen LogP) is -0.914. The molecule has 0 rings (SSSR count). The molecule has 0 aromatic heterocycles. The van der Waals surface area contributed by atoms with Crippen molar-refractivity contribution in [3.05, 3.63) is 0 Å². The summed E-state index contributed by atoms with van der Waals surface area (Å²) in [6.07, 6.45) is -1.13. The maximum atomic E-state index is 10.6. The summed E-state index contributed by atoms with van der Waals surface area (Å²) in [6.45, 7) is 1.41. The number of amides is 1. The van der Waals surface area contributed by atoms with Crippen LogP contribution in [-0.2, 0) is 4.74 Å². The van der Waals surface area contributed by atoms with E-state index in [1.54, 1.807) is 6.92 Å². The standard InChI is InChI=1S/C6H13NO4/c1-5(4-9)11-6(10)7-2-3-8/h5,8-9H,2-4H2,1H3,(H,7,10). The van der Waals surface area contributed by atoms with E-state index in [0.717, 1.165) is 0 Å². The first-order chi connectivity index (χ1) is 5.20.